The van der Waals surface area contributed by atoms with Crippen LogP contribution in [0, 0.1) is 0 Å². The van der Waals surface area contributed by atoms with Crippen LogP contribution in [0.4, 0.5) is 11.4 Å². The van der Waals surface area contributed by atoms with Crippen molar-refractivity contribution in [2.24, 2.45) is 0 Å². The number of nitrogens with one attached hydrogen (secondary N) is 2. The summed E-state index contributed by atoms with van der Waals surface area (Å²) in [5.41, 5.74) is 3.26. The van der Waals surface area contributed by atoms with Crippen molar-refractivity contribution in [1.82, 2.24) is 4.90 Å². The molecule has 5 aromatic carbocycles. The van der Waals surface area contributed by atoms with Crippen molar-refractivity contribution in [3.63, 3.8) is 0 Å². The zero-order valence-corrected chi connectivity index (χ0v) is 24.1. The highest BCUT2D eigenvalue weighted by atomic mass is 32.2. The molecule has 212 valence electrons. The number of fused-ring (bicyclic) bond motifs is 1. The minimum absolute atomic E-state index is 0.0455. The Labute approximate surface area is 244 Å². The van der Waals surface area contributed by atoms with E-state index in [9.17, 15) is 18.0 Å². The van der Waals surface area contributed by atoms with E-state index in [1.807, 2.05) is 18.2 Å². The number of carbonyl (C=O) groups excluding carboxylic acids is 2. The van der Waals surface area contributed by atoms with E-state index in [2.05, 4.69) is 10.0 Å². The molecule has 9 heteroatoms. The van der Waals surface area contributed by atoms with Crippen LogP contribution >= 0.6 is 0 Å². The van der Waals surface area contributed by atoms with Crippen LogP contribution in [-0.4, -0.2) is 46.3 Å². The monoisotopic (exact) mass is 579 g/mol. The molecule has 0 saturated carbocycles. The van der Waals surface area contributed by atoms with Gasteiger partial charge in [0.25, 0.3) is 21.8 Å². The Morgan fingerprint density at radius 2 is 1.36 bits per heavy atom. The number of ether oxygens (including phenoxy) is 1. The first-order valence-corrected chi connectivity index (χ1v) is 14.6. The van der Waals surface area contributed by atoms with E-state index in [1.54, 1.807) is 99.0 Å². The predicted molar refractivity (Wildman–Crippen MR) is 166 cm³/mol. The second-order valence-corrected chi connectivity index (χ2v) is 11.5. The Hall–Kier alpha value is -5.15. The van der Waals surface area contributed by atoms with Crippen LogP contribution in [0.3, 0.4) is 0 Å². The maximum absolute atomic E-state index is 13.6. The average Bonchev–Trinajstić information content (AvgIpc) is 3.00. The van der Waals surface area contributed by atoms with Crippen molar-refractivity contribution in [2.75, 3.05) is 31.2 Å². The molecule has 0 fully saturated rings. The predicted octanol–water partition coefficient (Wildman–Crippen LogP) is 6.27. The summed E-state index contributed by atoms with van der Waals surface area (Å²) in [4.78, 5) is 26.5. The molecule has 2 N–H and O–H groups in total. The summed E-state index contributed by atoms with van der Waals surface area (Å²) < 4.78 is 35.3. The quantitative estimate of drug-likeness (QED) is 0.225. The van der Waals surface area contributed by atoms with Crippen molar-refractivity contribution < 1.29 is 22.7 Å². The molecule has 0 bridgehead atoms. The minimum atomic E-state index is -4.08. The third-order valence-corrected chi connectivity index (χ3v) is 8.09. The second-order valence-electron chi connectivity index (χ2n) is 9.85. The molecule has 0 aliphatic heterocycles. The third-order valence-electron chi connectivity index (χ3n) is 6.69. The number of anilines is 2. The maximum atomic E-state index is 13.6. The van der Waals surface area contributed by atoms with Crippen molar-refractivity contribution in [3.05, 3.63) is 120 Å². The lowest BCUT2D eigenvalue weighted by atomic mass is 10.0. The van der Waals surface area contributed by atoms with Crippen LogP contribution < -0.4 is 14.8 Å². The molecular formula is C33H29N3O5S. The van der Waals surface area contributed by atoms with E-state index in [0.29, 0.717) is 33.6 Å². The summed E-state index contributed by atoms with van der Waals surface area (Å²) in [6.07, 6.45) is 0. The molecule has 0 radical (unpaired) electrons. The first kappa shape index (κ1) is 28.4. The average molecular weight is 580 g/mol. The topological polar surface area (TPSA) is 105 Å². The van der Waals surface area contributed by atoms with E-state index < -0.39 is 10.0 Å². The SMILES string of the molecule is COc1ccc(-c2cccc(C(=O)N(C)C)c2)cc1S(=O)(=O)Nc1ccc2ccc(NC(=O)c3ccccc3)cc2c1. The molecule has 42 heavy (non-hydrogen) atoms. The third kappa shape index (κ3) is 6.11. The first-order valence-electron chi connectivity index (χ1n) is 13.1. The summed E-state index contributed by atoms with van der Waals surface area (Å²) in [7, 11) is 0.676. The van der Waals surface area contributed by atoms with Crippen LogP contribution in [0.5, 0.6) is 5.75 Å². The lowest BCUT2D eigenvalue weighted by Crippen LogP contribution is -2.21. The fourth-order valence-electron chi connectivity index (χ4n) is 4.55. The van der Waals surface area contributed by atoms with Gasteiger partial charge in [-0.15, -0.1) is 0 Å². The molecule has 8 nitrogen and oxygen atoms in total. The maximum Gasteiger partial charge on any atom is 0.265 e. The smallest absolute Gasteiger partial charge is 0.265 e. The Bertz CT molecular complexity index is 1900. The molecule has 0 aromatic heterocycles. The van der Waals surface area contributed by atoms with Crippen LogP contribution in [0.2, 0.25) is 0 Å². The number of methoxy groups -OCH3 is 1. The zero-order valence-electron chi connectivity index (χ0n) is 23.3. The van der Waals surface area contributed by atoms with Gasteiger partial charge in [-0.3, -0.25) is 14.3 Å². The normalized spacial score (nSPS) is 11.1. The van der Waals surface area contributed by atoms with Gasteiger partial charge in [0.2, 0.25) is 0 Å². The fourth-order valence-corrected chi connectivity index (χ4v) is 5.79. The molecule has 0 spiro atoms. The number of hydrogen-bond donors (Lipinski definition) is 2. The fraction of sp³-hybridized carbons (Fsp3) is 0.0909. The standard InChI is InChI=1S/C33H29N3O5S/c1-36(2)33(38)26-11-7-10-24(18-26)25-14-17-30(41-3)31(21-25)42(39,40)35-29-16-13-22-12-15-28(19-27(22)20-29)34-32(37)23-8-5-4-6-9-23/h4-21,35H,1-3H3,(H,34,37). The summed E-state index contributed by atoms with van der Waals surface area (Å²) >= 11 is 0. The van der Waals surface area contributed by atoms with E-state index in [1.165, 1.54) is 18.1 Å². The molecule has 2 amide bonds. The zero-order chi connectivity index (χ0) is 29.9. The molecule has 5 rings (SSSR count). The lowest BCUT2D eigenvalue weighted by Gasteiger charge is -2.15. The second kappa shape index (κ2) is 11.8. The first-order chi connectivity index (χ1) is 20.1. The molecule has 0 unspecified atom stereocenters. The minimum Gasteiger partial charge on any atom is -0.495 e. The number of hydrogen-bond acceptors (Lipinski definition) is 5. The highest BCUT2D eigenvalue weighted by molar-refractivity contribution is 7.92. The summed E-state index contributed by atoms with van der Waals surface area (Å²) in [6, 6.07) is 31.4. The van der Waals surface area contributed by atoms with Gasteiger partial charge in [0, 0.05) is 36.6 Å². The van der Waals surface area contributed by atoms with E-state index in [0.717, 1.165) is 10.8 Å². The summed E-state index contributed by atoms with van der Waals surface area (Å²) in [5, 5.41) is 4.50. The van der Waals surface area contributed by atoms with E-state index >= 15 is 0 Å². The van der Waals surface area contributed by atoms with Crippen LogP contribution in [0.25, 0.3) is 21.9 Å². The van der Waals surface area contributed by atoms with Crippen molar-refractivity contribution in [3.8, 4) is 16.9 Å². The van der Waals surface area contributed by atoms with Gasteiger partial charge in [-0.05, 0) is 82.6 Å². The highest BCUT2D eigenvalue weighted by Crippen LogP contribution is 2.32. The Morgan fingerprint density at radius 3 is 2.07 bits per heavy atom. The molecular weight excluding hydrogens is 550 g/mol. The van der Waals surface area contributed by atoms with E-state index in [4.69, 9.17) is 4.74 Å². The largest absolute Gasteiger partial charge is 0.495 e. The summed E-state index contributed by atoms with van der Waals surface area (Å²) in [6.45, 7) is 0. The van der Waals surface area contributed by atoms with Crippen molar-refractivity contribution in [1.29, 1.82) is 0 Å². The number of benzene rings is 5. The van der Waals surface area contributed by atoms with Gasteiger partial charge in [0.1, 0.15) is 10.6 Å². The summed E-state index contributed by atoms with van der Waals surface area (Å²) in [5.74, 6) is -0.215. The van der Waals surface area contributed by atoms with E-state index in [-0.39, 0.29) is 22.5 Å². The Morgan fingerprint density at radius 1 is 0.690 bits per heavy atom. The Balaban J connectivity index is 1.44. The number of rotatable bonds is 8. The molecule has 0 aliphatic carbocycles. The Kier molecular flexibility index (Phi) is 7.95. The van der Waals surface area contributed by atoms with Gasteiger partial charge in [-0.2, -0.15) is 0 Å². The molecule has 0 saturated heterocycles. The number of amides is 2. The van der Waals surface area contributed by atoms with Gasteiger partial charge in [0.15, 0.2) is 0 Å². The van der Waals surface area contributed by atoms with Gasteiger partial charge in [-0.1, -0.05) is 48.5 Å². The molecule has 0 atom stereocenters. The number of sulfonamides is 1. The van der Waals surface area contributed by atoms with Crippen molar-refractivity contribution >= 4 is 44.0 Å². The van der Waals surface area contributed by atoms with Crippen LogP contribution in [0.1, 0.15) is 20.7 Å². The molecule has 5 aromatic rings. The number of nitrogens with zero attached hydrogens (tertiary/aromatic N) is 1. The highest BCUT2D eigenvalue weighted by Gasteiger charge is 2.21. The van der Waals surface area contributed by atoms with Gasteiger partial charge < -0.3 is 15.0 Å². The van der Waals surface area contributed by atoms with Crippen LogP contribution in [0.15, 0.2) is 114 Å². The molecule has 0 aliphatic rings. The van der Waals surface area contributed by atoms with Crippen LogP contribution in [-0.2, 0) is 10.0 Å². The van der Waals surface area contributed by atoms with Gasteiger partial charge in [0.05, 0.1) is 7.11 Å². The van der Waals surface area contributed by atoms with Gasteiger partial charge >= 0.3 is 0 Å². The molecule has 0 heterocycles. The lowest BCUT2D eigenvalue weighted by molar-refractivity contribution is 0.0827. The van der Waals surface area contributed by atoms with Crippen molar-refractivity contribution in [2.45, 2.75) is 4.90 Å². The number of carbonyl (C=O) groups is 2. The van der Waals surface area contributed by atoms with Gasteiger partial charge in [-0.25, -0.2) is 8.42 Å².